The fourth-order valence-corrected chi connectivity index (χ4v) is 3.09. The zero-order valence-corrected chi connectivity index (χ0v) is 13.4. The number of rotatable bonds is 6. The van der Waals surface area contributed by atoms with Crippen molar-refractivity contribution in [2.75, 3.05) is 11.1 Å². The quantitative estimate of drug-likeness (QED) is 0.846. The van der Waals surface area contributed by atoms with E-state index in [0.29, 0.717) is 11.7 Å². The monoisotopic (exact) mass is 324 g/mol. The summed E-state index contributed by atoms with van der Waals surface area (Å²) in [4.78, 5) is 23.8. The molecule has 0 radical (unpaired) electrons. The van der Waals surface area contributed by atoms with Crippen LogP contribution >= 0.6 is 11.8 Å². The molecule has 0 saturated heterocycles. The van der Waals surface area contributed by atoms with Gasteiger partial charge in [-0.25, -0.2) is 4.39 Å². The van der Waals surface area contributed by atoms with Gasteiger partial charge in [0, 0.05) is 11.7 Å². The number of halogens is 1. The molecule has 1 atom stereocenters. The van der Waals surface area contributed by atoms with Gasteiger partial charge in [0.2, 0.25) is 11.8 Å². The molecule has 0 heterocycles. The van der Waals surface area contributed by atoms with Gasteiger partial charge >= 0.3 is 0 Å². The van der Waals surface area contributed by atoms with E-state index in [9.17, 15) is 14.0 Å². The number of thioether (sulfide) groups is 1. The molecule has 1 saturated carbocycles. The first kappa shape index (κ1) is 16.8. The first-order chi connectivity index (χ1) is 10.5. The summed E-state index contributed by atoms with van der Waals surface area (Å²) in [5, 5.41) is 5.44. The van der Waals surface area contributed by atoms with Gasteiger partial charge in [-0.15, -0.1) is 11.8 Å². The van der Waals surface area contributed by atoms with Gasteiger partial charge in [-0.3, -0.25) is 9.59 Å². The second-order valence-electron chi connectivity index (χ2n) is 5.50. The Morgan fingerprint density at radius 3 is 2.55 bits per heavy atom. The number of amides is 2. The summed E-state index contributed by atoms with van der Waals surface area (Å²) in [6.07, 6.45) is 4.45. The minimum Gasteiger partial charge on any atom is -0.352 e. The Hall–Kier alpha value is -1.56. The van der Waals surface area contributed by atoms with E-state index in [0.717, 1.165) is 12.8 Å². The average Bonchev–Trinajstić information content (AvgIpc) is 3.00. The second kappa shape index (κ2) is 8.17. The van der Waals surface area contributed by atoms with Crippen LogP contribution in [-0.2, 0) is 9.59 Å². The van der Waals surface area contributed by atoms with Crippen LogP contribution in [0.5, 0.6) is 0 Å². The number of anilines is 1. The highest BCUT2D eigenvalue weighted by Gasteiger charge is 2.21. The molecule has 0 aliphatic heterocycles. The Bertz CT molecular complexity index is 515. The molecular formula is C16H21FN2O2S. The summed E-state index contributed by atoms with van der Waals surface area (Å²) in [5.41, 5.74) is 0.551. The summed E-state index contributed by atoms with van der Waals surface area (Å²) < 4.78 is 12.8. The number of benzene rings is 1. The minimum atomic E-state index is -0.343. The smallest absolute Gasteiger partial charge is 0.234 e. The summed E-state index contributed by atoms with van der Waals surface area (Å²) in [6.45, 7) is 1.81. The van der Waals surface area contributed by atoms with E-state index in [2.05, 4.69) is 10.6 Å². The van der Waals surface area contributed by atoms with Crippen LogP contribution in [-0.4, -0.2) is 28.9 Å². The number of hydrogen-bond donors (Lipinski definition) is 2. The lowest BCUT2D eigenvalue weighted by atomic mass is 10.2. The van der Waals surface area contributed by atoms with Crippen molar-refractivity contribution < 1.29 is 14.0 Å². The third-order valence-electron chi connectivity index (χ3n) is 3.66. The molecule has 1 aliphatic rings. The fraction of sp³-hybridized carbons (Fsp3) is 0.500. The van der Waals surface area contributed by atoms with E-state index in [4.69, 9.17) is 0 Å². The van der Waals surface area contributed by atoms with Gasteiger partial charge in [-0.2, -0.15) is 0 Å². The molecular weight excluding hydrogens is 303 g/mol. The van der Waals surface area contributed by atoms with Gasteiger partial charge < -0.3 is 10.6 Å². The van der Waals surface area contributed by atoms with Crippen LogP contribution in [0.2, 0.25) is 0 Å². The first-order valence-corrected chi connectivity index (χ1v) is 8.57. The highest BCUT2D eigenvalue weighted by Crippen LogP contribution is 2.19. The standard InChI is InChI=1S/C16H21FN2O2S/c1-11(16(21)19-13-4-2-3-5-13)22-10-15(20)18-14-8-6-12(17)7-9-14/h6-9,11,13H,2-5,10H2,1H3,(H,18,20)(H,19,21). The molecule has 6 heteroatoms. The third-order valence-corrected chi connectivity index (χ3v) is 4.81. The van der Waals surface area contributed by atoms with E-state index in [1.54, 1.807) is 6.92 Å². The maximum absolute atomic E-state index is 12.8. The zero-order chi connectivity index (χ0) is 15.9. The summed E-state index contributed by atoms with van der Waals surface area (Å²) in [7, 11) is 0. The Morgan fingerprint density at radius 2 is 1.91 bits per heavy atom. The molecule has 22 heavy (non-hydrogen) atoms. The lowest BCUT2D eigenvalue weighted by Gasteiger charge is -2.16. The molecule has 1 aromatic carbocycles. The second-order valence-corrected chi connectivity index (χ2v) is 6.83. The zero-order valence-electron chi connectivity index (χ0n) is 12.6. The van der Waals surface area contributed by atoms with Crippen LogP contribution in [0.15, 0.2) is 24.3 Å². The summed E-state index contributed by atoms with van der Waals surface area (Å²) in [5.74, 6) is -0.357. The molecule has 1 aromatic rings. The topological polar surface area (TPSA) is 58.2 Å². The van der Waals surface area contributed by atoms with E-state index >= 15 is 0 Å². The normalized spacial score (nSPS) is 16.3. The Morgan fingerprint density at radius 1 is 1.27 bits per heavy atom. The van der Waals surface area contributed by atoms with E-state index < -0.39 is 0 Å². The molecule has 2 rings (SSSR count). The molecule has 2 amide bonds. The maximum atomic E-state index is 12.8. The van der Waals surface area contributed by atoms with Crippen molar-refractivity contribution in [3.63, 3.8) is 0 Å². The number of nitrogens with one attached hydrogen (secondary N) is 2. The lowest BCUT2D eigenvalue weighted by Crippen LogP contribution is -2.38. The van der Waals surface area contributed by atoms with Gasteiger partial charge in [-0.05, 0) is 44.0 Å². The van der Waals surface area contributed by atoms with Crippen molar-refractivity contribution in [2.45, 2.75) is 43.9 Å². The molecule has 2 N–H and O–H groups in total. The number of carbonyl (C=O) groups is 2. The van der Waals surface area contributed by atoms with E-state index in [1.165, 1.54) is 48.9 Å². The largest absolute Gasteiger partial charge is 0.352 e. The highest BCUT2D eigenvalue weighted by atomic mass is 32.2. The number of carbonyl (C=O) groups excluding carboxylic acids is 2. The van der Waals surface area contributed by atoms with Crippen LogP contribution in [0, 0.1) is 5.82 Å². The van der Waals surface area contributed by atoms with Gasteiger partial charge in [0.15, 0.2) is 0 Å². The summed E-state index contributed by atoms with van der Waals surface area (Å²) in [6, 6.07) is 5.90. The Balaban J connectivity index is 1.70. The van der Waals surface area contributed by atoms with Crippen molar-refractivity contribution in [3.05, 3.63) is 30.1 Å². The Labute approximate surface area is 134 Å². The third kappa shape index (κ3) is 5.33. The van der Waals surface area contributed by atoms with Crippen molar-refractivity contribution in [2.24, 2.45) is 0 Å². The molecule has 4 nitrogen and oxygen atoms in total. The molecule has 0 spiro atoms. The molecule has 120 valence electrons. The van der Waals surface area contributed by atoms with Gasteiger partial charge in [0.05, 0.1) is 11.0 Å². The van der Waals surface area contributed by atoms with Crippen LogP contribution in [0.25, 0.3) is 0 Å². The highest BCUT2D eigenvalue weighted by molar-refractivity contribution is 8.01. The average molecular weight is 324 g/mol. The van der Waals surface area contributed by atoms with Crippen LogP contribution in [0.4, 0.5) is 10.1 Å². The number of hydrogen-bond acceptors (Lipinski definition) is 3. The lowest BCUT2D eigenvalue weighted by molar-refractivity contribution is -0.120. The molecule has 1 aliphatic carbocycles. The van der Waals surface area contributed by atoms with Gasteiger partial charge in [0.25, 0.3) is 0 Å². The molecule has 1 unspecified atom stereocenters. The predicted octanol–water partition coefficient (Wildman–Crippen LogP) is 2.94. The van der Waals surface area contributed by atoms with Crippen LogP contribution in [0.1, 0.15) is 32.6 Å². The van der Waals surface area contributed by atoms with Crippen molar-refractivity contribution in [3.8, 4) is 0 Å². The van der Waals surface area contributed by atoms with Crippen molar-refractivity contribution >= 4 is 29.3 Å². The molecule has 1 fully saturated rings. The predicted molar refractivity (Wildman–Crippen MR) is 87.3 cm³/mol. The maximum Gasteiger partial charge on any atom is 0.234 e. The van der Waals surface area contributed by atoms with E-state index in [1.807, 2.05) is 0 Å². The van der Waals surface area contributed by atoms with Crippen LogP contribution < -0.4 is 10.6 Å². The fourth-order valence-electron chi connectivity index (χ4n) is 2.40. The minimum absolute atomic E-state index is 0.00789. The van der Waals surface area contributed by atoms with E-state index in [-0.39, 0.29) is 28.6 Å². The van der Waals surface area contributed by atoms with Gasteiger partial charge in [-0.1, -0.05) is 12.8 Å². The molecule has 0 bridgehead atoms. The Kier molecular flexibility index (Phi) is 6.24. The van der Waals surface area contributed by atoms with Crippen molar-refractivity contribution in [1.29, 1.82) is 0 Å². The summed E-state index contributed by atoms with van der Waals surface area (Å²) >= 11 is 1.30. The van der Waals surface area contributed by atoms with Gasteiger partial charge in [0.1, 0.15) is 5.82 Å². The SMILES string of the molecule is CC(SCC(=O)Nc1ccc(F)cc1)C(=O)NC1CCCC1. The first-order valence-electron chi connectivity index (χ1n) is 7.52. The molecule has 0 aromatic heterocycles. The van der Waals surface area contributed by atoms with Crippen molar-refractivity contribution in [1.82, 2.24) is 5.32 Å². The van der Waals surface area contributed by atoms with Crippen LogP contribution in [0.3, 0.4) is 0 Å².